The predicted octanol–water partition coefficient (Wildman–Crippen LogP) is 5.24. The lowest BCUT2D eigenvalue weighted by molar-refractivity contribution is 0.269. The Labute approximate surface area is 183 Å². The van der Waals surface area contributed by atoms with E-state index in [1.54, 1.807) is 22.9 Å². The highest BCUT2D eigenvalue weighted by Crippen LogP contribution is 2.35. The number of aromatic nitrogens is 4. The molecule has 0 amide bonds. The van der Waals surface area contributed by atoms with Crippen LogP contribution in [0, 0.1) is 0 Å². The molecule has 0 atom stereocenters. The zero-order valence-electron chi connectivity index (χ0n) is 16.0. The number of rotatable bonds is 9. The van der Waals surface area contributed by atoms with Crippen molar-refractivity contribution in [3.63, 3.8) is 0 Å². The van der Waals surface area contributed by atoms with Gasteiger partial charge in [0.25, 0.3) is 0 Å². The maximum atomic E-state index is 6.47. The van der Waals surface area contributed by atoms with Gasteiger partial charge >= 0.3 is 0 Å². The molecule has 3 rings (SSSR count). The van der Waals surface area contributed by atoms with Crippen molar-refractivity contribution in [1.82, 2.24) is 20.2 Å². The van der Waals surface area contributed by atoms with Crippen LogP contribution in [-0.2, 0) is 19.7 Å². The van der Waals surface area contributed by atoms with Crippen molar-refractivity contribution in [3.05, 3.63) is 56.5 Å². The lowest BCUT2D eigenvalue weighted by atomic mass is 10.2. The van der Waals surface area contributed by atoms with E-state index in [0.29, 0.717) is 52.2 Å². The topological polar surface area (TPSA) is 74.1 Å². The van der Waals surface area contributed by atoms with Gasteiger partial charge < -0.3 is 14.8 Å². The van der Waals surface area contributed by atoms with E-state index in [1.807, 2.05) is 26.0 Å². The average molecular weight is 457 g/mol. The van der Waals surface area contributed by atoms with Crippen LogP contribution in [0.4, 0.5) is 5.95 Å². The van der Waals surface area contributed by atoms with Crippen molar-refractivity contribution in [2.75, 3.05) is 11.9 Å². The van der Waals surface area contributed by atoms with E-state index >= 15 is 0 Å². The Balaban J connectivity index is 1.76. The summed E-state index contributed by atoms with van der Waals surface area (Å²) in [5.41, 5.74) is 1.64. The zero-order chi connectivity index (χ0) is 20.8. The van der Waals surface area contributed by atoms with Gasteiger partial charge in [-0.3, -0.25) is 0 Å². The Morgan fingerprint density at radius 2 is 1.72 bits per heavy atom. The lowest BCUT2D eigenvalue weighted by Crippen LogP contribution is -2.09. The number of halogens is 3. The van der Waals surface area contributed by atoms with Crippen LogP contribution in [-0.4, -0.2) is 26.8 Å². The van der Waals surface area contributed by atoms with Crippen LogP contribution in [0.2, 0.25) is 15.1 Å². The summed E-state index contributed by atoms with van der Waals surface area (Å²) in [6, 6.07) is 8.84. The fourth-order valence-electron chi connectivity index (χ4n) is 2.61. The summed E-state index contributed by atoms with van der Waals surface area (Å²) >= 11 is 18.6. The molecule has 0 spiro atoms. The normalized spacial score (nSPS) is 10.8. The number of anilines is 1. The van der Waals surface area contributed by atoms with E-state index in [2.05, 4.69) is 20.8 Å². The monoisotopic (exact) mass is 455 g/mol. The number of tetrazole rings is 1. The standard InChI is InChI=1S/C19H20Cl3N5O2/c1-3-27-19(24-25-26-27)23-10-13-7-17(28-4-2)18(9-16(13)22)29-11-12-5-6-14(20)8-15(12)21/h5-9H,3-4,10-11H2,1-2H3,(H,23,24,26). The second-order valence-electron chi connectivity index (χ2n) is 6.02. The molecule has 7 nitrogen and oxygen atoms in total. The third-order valence-electron chi connectivity index (χ3n) is 4.08. The van der Waals surface area contributed by atoms with E-state index in [-0.39, 0.29) is 6.61 Å². The van der Waals surface area contributed by atoms with Gasteiger partial charge in [-0.2, -0.15) is 0 Å². The SMILES string of the molecule is CCOc1cc(CNc2nnnn2CC)c(Cl)cc1OCc1ccc(Cl)cc1Cl. The number of nitrogens with zero attached hydrogens (tertiary/aromatic N) is 4. The molecule has 0 unspecified atom stereocenters. The second-order valence-corrected chi connectivity index (χ2v) is 7.27. The second kappa shape index (κ2) is 10.0. The maximum Gasteiger partial charge on any atom is 0.243 e. The summed E-state index contributed by atoms with van der Waals surface area (Å²) in [7, 11) is 0. The summed E-state index contributed by atoms with van der Waals surface area (Å²) in [6.45, 7) is 5.70. The van der Waals surface area contributed by atoms with Crippen molar-refractivity contribution in [2.24, 2.45) is 0 Å². The number of ether oxygens (including phenoxy) is 2. The Morgan fingerprint density at radius 3 is 2.45 bits per heavy atom. The van der Waals surface area contributed by atoms with Crippen molar-refractivity contribution in [1.29, 1.82) is 0 Å². The highest BCUT2D eigenvalue weighted by molar-refractivity contribution is 6.35. The summed E-state index contributed by atoms with van der Waals surface area (Å²) in [5.74, 6) is 1.69. The Kier molecular flexibility index (Phi) is 7.41. The lowest BCUT2D eigenvalue weighted by Gasteiger charge is -2.16. The van der Waals surface area contributed by atoms with Gasteiger partial charge in [0.05, 0.1) is 6.61 Å². The first kappa shape index (κ1) is 21.5. The molecule has 0 aliphatic rings. The van der Waals surface area contributed by atoms with Crippen LogP contribution in [0.15, 0.2) is 30.3 Å². The van der Waals surface area contributed by atoms with Crippen LogP contribution >= 0.6 is 34.8 Å². The largest absolute Gasteiger partial charge is 0.490 e. The molecular weight excluding hydrogens is 437 g/mol. The zero-order valence-corrected chi connectivity index (χ0v) is 18.2. The van der Waals surface area contributed by atoms with E-state index in [9.17, 15) is 0 Å². The van der Waals surface area contributed by atoms with Crippen LogP contribution < -0.4 is 14.8 Å². The van der Waals surface area contributed by atoms with Crippen LogP contribution in [0.5, 0.6) is 11.5 Å². The molecule has 10 heteroatoms. The van der Waals surface area contributed by atoms with Crippen LogP contribution in [0.1, 0.15) is 25.0 Å². The van der Waals surface area contributed by atoms with Gasteiger partial charge in [-0.1, -0.05) is 46.0 Å². The molecule has 1 heterocycles. The van der Waals surface area contributed by atoms with Crippen molar-refractivity contribution in [3.8, 4) is 11.5 Å². The number of benzene rings is 2. The molecule has 154 valence electrons. The first-order chi connectivity index (χ1) is 14.0. The van der Waals surface area contributed by atoms with E-state index in [1.165, 1.54) is 0 Å². The molecule has 1 N–H and O–H groups in total. The minimum atomic E-state index is 0.259. The molecule has 0 radical (unpaired) electrons. The molecule has 3 aromatic rings. The molecule has 0 saturated heterocycles. The Morgan fingerprint density at radius 1 is 0.966 bits per heavy atom. The van der Waals surface area contributed by atoms with E-state index in [0.717, 1.165) is 11.1 Å². The van der Waals surface area contributed by atoms with Gasteiger partial charge in [-0.05, 0) is 48.0 Å². The molecule has 0 fully saturated rings. The minimum Gasteiger partial charge on any atom is -0.490 e. The minimum absolute atomic E-state index is 0.259. The third-order valence-corrected chi connectivity index (χ3v) is 5.02. The van der Waals surface area contributed by atoms with Crippen molar-refractivity contribution < 1.29 is 9.47 Å². The van der Waals surface area contributed by atoms with Crippen molar-refractivity contribution in [2.45, 2.75) is 33.5 Å². The van der Waals surface area contributed by atoms with Gasteiger partial charge in [0.2, 0.25) is 5.95 Å². The summed E-state index contributed by atoms with van der Waals surface area (Å²) in [4.78, 5) is 0. The van der Waals surface area contributed by atoms with Gasteiger partial charge in [0, 0.05) is 39.8 Å². The number of aryl methyl sites for hydroxylation is 1. The predicted molar refractivity (Wildman–Crippen MR) is 114 cm³/mol. The fraction of sp³-hybridized carbons (Fsp3) is 0.316. The summed E-state index contributed by atoms with van der Waals surface area (Å²) in [6.07, 6.45) is 0. The van der Waals surface area contributed by atoms with Crippen LogP contribution in [0.25, 0.3) is 0 Å². The fourth-order valence-corrected chi connectivity index (χ4v) is 3.29. The smallest absolute Gasteiger partial charge is 0.243 e. The average Bonchev–Trinajstić information content (AvgIpc) is 3.15. The molecule has 0 aliphatic heterocycles. The van der Waals surface area contributed by atoms with E-state index < -0.39 is 0 Å². The Bertz CT molecular complexity index is 980. The maximum absolute atomic E-state index is 6.47. The van der Waals surface area contributed by atoms with Gasteiger partial charge in [0.15, 0.2) is 11.5 Å². The van der Waals surface area contributed by atoms with E-state index in [4.69, 9.17) is 44.3 Å². The molecule has 29 heavy (non-hydrogen) atoms. The summed E-state index contributed by atoms with van der Waals surface area (Å²) in [5, 5.41) is 16.3. The van der Waals surface area contributed by atoms with Gasteiger partial charge in [-0.15, -0.1) is 0 Å². The molecule has 0 saturated carbocycles. The molecule has 0 bridgehead atoms. The summed E-state index contributed by atoms with van der Waals surface area (Å²) < 4.78 is 13.3. The molecule has 0 aliphatic carbocycles. The Hall–Kier alpha value is -2.22. The first-order valence-corrected chi connectivity index (χ1v) is 10.2. The van der Waals surface area contributed by atoms with Gasteiger partial charge in [-0.25, -0.2) is 4.68 Å². The highest BCUT2D eigenvalue weighted by Gasteiger charge is 2.13. The van der Waals surface area contributed by atoms with Crippen LogP contribution in [0.3, 0.4) is 0 Å². The number of hydrogen-bond acceptors (Lipinski definition) is 6. The highest BCUT2D eigenvalue weighted by atomic mass is 35.5. The molecule has 2 aromatic carbocycles. The number of nitrogens with one attached hydrogen (secondary N) is 1. The number of hydrogen-bond donors (Lipinski definition) is 1. The van der Waals surface area contributed by atoms with Crippen molar-refractivity contribution >= 4 is 40.8 Å². The first-order valence-electron chi connectivity index (χ1n) is 9.03. The van der Waals surface area contributed by atoms with Gasteiger partial charge in [0.1, 0.15) is 6.61 Å². The quantitative estimate of drug-likeness (QED) is 0.474. The molecule has 1 aromatic heterocycles. The molecular formula is C19H20Cl3N5O2. The third kappa shape index (κ3) is 5.44.